The van der Waals surface area contributed by atoms with Gasteiger partial charge in [0.25, 0.3) is 5.91 Å². The van der Waals surface area contributed by atoms with Crippen LogP contribution in [0.15, 0.2) is 65.3 Å². The normalized spacial score (nSPS) is 12.4. The van der Waals surface area contributed by atoms with Crippen molar-refractivity contribution in [1.29, 1.82) is 0 Å². The minimum absolute atomic E-state index is 0.0702. The Morgan fingerprint density at radius 2 is 1.84 bits per heavy atom. The van der Waals surface area contributed by atoms with Crippen molar-refractivity contribution in [3.63, 3.8) is 0 Å². The molecule has 1 heterocycles. The maximum Gasteiger partial charge on any atom is 0.252 e. The third-order valence-corrected chi connectivity index (χ3v) is 4.44. The van der Waals surface area contributed by atoms with Crippen LogP contribution in [0.5, 0.6) is 0 Å². The standard InChI is InChI=1S/C21H24N2O2/c1-15(2)19(22-13-16-7-4-3-5-8-16)14-23-21(24)18-9-6-10-20-17(18)11-12-25-20/h3-12,15,19,22H,13-14H2,1-2H3,(H,23,24). The first kappa shape index (κ1) is 17.2. The van der Waals surface area contributed by atoms with Gasteiger partial charge in [0.05, 0.1) is 11.8 Å². The van der Waals surface area contributed by atoms with E-state index >= 15 is 0 Å². The SMILES string of the molecule is CC(C)C(CNC(=O)c1cccc2occc12)NCc1ccccc1. The van der Waals surface area contributed by atoms with Gasteiger partial charge in [-0.2, -0.15) is 0 Å². The first-order valence-corrected chi connectivity index (χ1v) is 8.67. The number of furan rings is 1. The van der Waals surface area contributed by atoms with Crippen molar-refractivity contribution in [2.45, 2.75) is 26.4 Å². The van der Waals surface area contributed by atoms with Gasteiger partial charge in [-0.1, -0.05) is 50.2 Å². The molecule has 0 bridgehead atoms. The van der Waals surface area contributed by atoms with E-state index in [1.54, 1.807) is 6.26 Å². The van der Waals surface area contributed by atoms with Gasteiger partial charge in [-0.15, -0.1) is 0 Å². The second kappa shape index (κ2) is 7.99. The lowest BCUT2D eigenvalue weighted by atomic mass is 10.0. The van der Waals surface area contributed by atoms with Crippen LogP contribution in [-0.2, 0) is 6.54 Å². The highest BCUT2D eigenvalue weighted by Gasteiger charge is 2.16. The summed E-state index contributed by atoms with van der Waals surface area (Å²) in [6, 6.07) is 17.9. The molecule has 0 aliphatic carbocycles. The molecule has 130 valence electrons. The molecule has 3 rings (SSSR count). The minimum Gasteiger partial charge on any atom is -0.464 e. The highest BCUT2D eigenvalue weighted by molar-refractivity contribution is 6.05. The molecule has 1 amide bonds. The summed E-state index contributed by atoms with van der Waals surface area (Å²) in [5.74, 6) is 0.341. The fourth-order valence-corrected chi connectivity index (χ4v) is 2.88. The van der Waals surface area contributed by atoms with Crippen LogP contribution in [0.2, 0.25) is 0 Å². The molecule has 0 spiro atoms. The summed E-state index contributed by atoms with van der Waals surface area (Å²) in [6.07, 6.45) is 1.61. The van der Waals surface area contributed by atoms with Crippen LogP contribution in [-0.4, -0.2) is 18.5 Å². The molecule has 0 aliphatic heterocycles. The summed E-state index contributed by atoms with van der Waals surface area (Å²) in [4.78, 5) is 12.6. The third-order valence-electron chi connectivity index (χ3n) is 4.44. The second-order valence-corrected chi connectivity index (χ2v) is 6.57. The van der Waals surface area contributed by atoms with Crippen molar-refractivity contribution >= 4 is 16.9 Å². The summed E-state index contributed by atoms with van der Waals surface area (Å²) in [5, 5.41) is 7.44. The van der Waals surface area contributed by atoms with Gasteiger partial charge in [-0.25, -0.2) is 0 Å². The first-order valence-electron chi connectivity index (χ1n) is 8.67. The van der Waals surface area contributed by atoms with E-state index in [9.17, 15) is 4.79 Å². The van der Waals surface area contributed by atoms with Gasteiger partial charge in [0, 0.05) is 24.5 Å². The van der Waals surface area contributed by atoms with E-state index < -0.39 is 0 Å². The van der Waals surface area contributed by atoms with Crippen LogP contribution in [0.25, 0.3) is 11.0 Å². The predicted molar refractivity (Wildman–Crippen MR) is 100 cm³/mol. The van der Waals surface area contributed by atoms with Gasteiger partial charge in [-0.05, 0) is 29.7 Å². The zero-order valence-electron chi connectivity index (χ0n) is 14.7. The zero-order chi connectivity index (χ0) is 17.6. The van der Waals surface area contributed by atoms with Crippen molar-refractivity contribution in [1.82, 2.24) is 10.6 Å². The quantitative estimate of drug-likeness (QED) is 0.686. The van der Waals surface area contributed by atoms with Crippen molar-refractivity contribution < 1.29 is 9.21 Å². The molecule has 4 nitrogen and oxygen atoms in total. The van der Waals surface area contributed by atoms with Gasteiger partial charge in [0.15, 0.2) is 0 Å². The number of hydrogen-bond acceptors (Lipinski definition) is 3. The topological polar surface area (TPSA) is 54.3 Å². The van der Waals surface area contributed by atoms with E-state index in [1.165, 1.54) is 5.56 Å². The molecule has 0 radical (unpaired) electrons. The molecule has 0 saturated carbocycles. The van der Waals surface area contributed by atoms with Gasteiger partial charge in [-0.3, -0.25) is 4.79 Å². The molecule has 25 heavy (non-hydrogen) atoms. The number of carbonyl (C=O) groups excluding carboxylic acids is 1. The lowest BCUT2D eigenvalue weighted by Gasteiger charge is -2.23. The van der Waals surface area contributed by atoms with Crippen molar-refractivity contribution in [3.05, 3.63) is 72.0 Å². The van der Waals surface area contributed by atoms with Gasteiger partial charge < -0.3 is 15.1 Å². The van der Waals surface area contributed by atoms with E-state index in [2.05, 4.69) is 36.6 Å². The van der Waals surface area contributed by atoms with E-state index in [0.29, 0.717) is 18.0 Å². The molecule has 2 aromatic carbocycles. The van der Waals surface area contributed by atoms with Crippen LogP contribution in [0.1, 0.15) is 29.8 Å². The van der Waals surface area contributed by atoms with Gasteiger partial charge in [0.1, 0.15) is 5.58 Å². The van der Waals surface area contributed by atoms with E-state index in [1.807, 2.05) is 42.5 Å². The molecule has 1 atom stereocenters. The maximum atomic E-state index is 12.6. The van der Waals surface area contributed by atoms with Crippen molar-refractivity contribution in [2.24, 2.45) is 5.92 Å². The number of nitrogens with one attached hydrogen (secondary N) is 2. The maximum absolute atomic E-state index is 12.6. The second-order valence-electron chi connectivity index (χ2n) is 6.57. The van der Waals surface area contributed by atoms with Crippen LogP contribution in [0.3, 0.4) is 0 Å². The van der Waals surface area contributed by atoms with Gasteiger partial charge in [0.2, 0.25) is 0 Å². The number of fused-ring (bicyclic) bond motifs is 1. The molecule has 4 heteroatoms. The number of benzene rings is 2. The van der Waals surface area contributed by atoms with Crippen LogP contribution in [0.4, 0.5) is 0 Å². The summed E-state index contributed by atoms with van der Waals surface area (Å²) >= 11 is 0. The molecular weight excluding hydrogens is 312 g/mol. The fraction of sp³-hybridized carbons (Fsp3) is 0.286. The van der Waals surface area contributed by atoms with Crippen LogP contribution >= 0.6 is 0 Å². The number of carbonyl (C=O) groups is 1. The molecule has 2 N–H and O–H groups in total. The number of hydrogen-bond donors (Lipinski definition) is 2. The molecule has 1 aromatic heterocycles. The van der Waals surface area contributed by atoms with E-state index in [0.717, 1.165) is 17.5 Å². The van der Waals surface area contributed by atoms with Crippen LogP contribution in [0, 0.1) is 5.92 Å². The Hall–Kier alpha value is -2.59. The minimum atomic E-state index is -0.0702. The fourth-order valence-electron chi connectivity index (χ4n) is 2.88. The largest absolute Gasteiger partial charge is 0.464 e. The van der Waals surface area contributed by atoms with Gasteiger partial charge >= 0.3 is 0 Å². The summed E-state index contributed by atoms with van der Waals surface area (Å²) < 4.78 is 5.37. The molecule has 0 saturated heterocycles. The Bertz CT molecular complexity index is 824. The smallest absolute Gasteiger partial charge is 0.252 e. The lowest BCUT2D eigenvalue weighted by molar-refractivity contribution is 0.0948. The average molecular weight is 336 g/mol. The highest BCUT2D eigenvalue weighted by atomic mass is 16.3. The lowest BCUT2D eigenvalue weighted by Crippen LogP contribution is -2.43. The number of amides is 1. The third kappa shape index (κ3) is 4.28. The summed E-state index contributed by atoms with van der Waals surface area (Å²) in [5.41, 5.74) is 2.62. The Morgan fingerprint density at radius 3 is 2.60 bits per heavy atom. The van der Waals surface area contributed by atoms with E-state index in [-0.39, 0.29) is 11.9 Å². The predicted octanol–water partition coefficient (Wildman–Crippen LogP) is 3.98. The monoisotopic (exact) mass is 336 g/mol. The van der Waals surface area contributed by atoms with E-state index in [4.69, 9.17) is 4.42 Å². The number of rotatable bonds is 7. The first-order chi connectivity index (χ1) is 12.1. The molecule has 3 aromatic rings. The molecule has 0 fully saturated rings. The zero-order valence-corrected chi connectivity index (χ0v) is 14.7. The average Bonchev–Trinajstić information content (AvgIpc) is 3.10. The Kier molecular flexibility index (Phi) is 5.51. The summed E-state index contributed by atoms with van der Waals surface area (Å²) in [6.45, 7) is 5.69. The Labute approximate surface area is 148 Å². The summed E-state index contributed by atoms with van der Waals surface area (Å²) in [7, 11) is 0. The molecule has 0 aliphatic rings. The van der Waals surface area contributed by atoms with Crippen molar-refractivity contribution in [3.8, 4) is 0 Å². The Balaban J connectivity index is 1.61. The Morgan fingerprint density at radius 1 is 1.04 bits per heavy atom. The molecule has 1 unspecified atom stereocenters. The molecular formula is C21H24N2O2. The highest BCUT2D eigenvalue weighted by Crippen LogP contribution is 2.19. The van der Waals surface area contributed by atoms with Crippen LogP contribution < -0.4 is 10.6 Å². The van der Waals surface area contributed by atoms with Crippen molar-refractivity contribution in [2.75, 3.05) is 6.54 Å².